The summed E-state index contributed by atoms with van der Waals surface area (Å²) in [5, 5.41) is 5.19. The highest BCUT2D eigenvalue weighted by Crippen LogP contribution is 2.36. The number of carbonyl (C=O) groups is 1. The van der Waals surface area contributed by atoms with Crippen LogP contribution in [-0.4, -0.2) is 11.9 Å². The maximum absolute atomic E-state index is 13.0. The minimum absolute atomic E-state index is 0.0506. The Morgan fingerprint density at radius 2 is 1.92 bits per heavy atom. The molecule has 0 bridgehead atoms. The number of halogens is 5. The Hall–Kier alpha value is -1.48. The molecule has 1 unspecified atom stereocenters. The quantitative estimate of drug-likeness (QED) is 0.590. The molecule has 2 aromatic carbocycles. The average Bonchev–Trinajstić information content (AvgIpc) is 2.48. The minimum Gasteiger partial charge on any atom is -0.374 e. The van der Waals surface area contributed by atoms with Crippen molar-refractivity contribution in [3.05, 3.63) is 56.6 Å². The third-order valence-electron chi connectivity index (χ3n) is 3.15. The predicted molar refractivity (Wildman–Crippen MR) is 97.3 cm³/mol. The lowest BCUT2D eigenvalue weighted by molar-refractivity contribution is -0.137. The van der Waals surface area contributed by atoms with Crippen LogP contribution in [0.3, 0.4) is 0 Å². The summed E-state index contributed by atoms with van der Waals surface area (Å²) in [5.41, 5.74) is -0.602. The first-order valence-electron chi connectivity index (χ1n) is 6.86. The third kappa shape index (κ3) is 5.01. The van der Waals surface area contributed by atoms with Crippen molar-refractivity contribution < 1.29 is 18.0 Å². The van der Waals surface area contributed by atoms with E-state index >= 15 is 0 Å². The molecule has 0 aromatic heterocycles. The summed E-state index contributed by atoms with van der Waals surface area (Å²) in [6, 6.07) is 9.80. The van der Waals surface area contributed by atoms with Gasteiger partial charge in [0.1, 0.15) is 6.04 Å². The number of benzene rings is 2. The Bertz CT molecular complexity index is 752. The van der Waals surface area contributed by atoms with Gasteiger partial charge in [-0.2, -0.15) is 13.2 Å². The second-order valence-electron chi connectivity index (χ2n) is 5.05. The number of carbonyl (C=O) groups excluding carboxylic acids is 1. The number of hydrogen-bond acceptors (Lipinski definition) is 2. The van der Waals surface area contributed by atoms with Gasteiger partial charge in [-0.25, -0.2) is 0 Å². The molecule has 0 aliphatic carbocycles. The standard InChI is InChI=1S/C16H13ClF3IN2O/c1-9(22-12-4-2-3-11(21)8-12)15(24)23-14-6-5-10(17)7-13(14)16(18,19)20/h2-9,22H,1H3,(H,23,24). The molecule has 0 saturated carbocycles. The van der Waals surface area contributed by atoms with Crippen LogP contribution in [0.4, 0.5) is 24.5 Å². The largest absolute Gasteiger partial charge is 0.418 e. The van der Waals surface area contributed by atoms with Gasteiger partial charge in [0.15, 0.2) is 0 Å². The number of amides is 1. The molecule has 1 amide bonds. The van der Waals surface area contributed by atoms with Crippen molar-refractivity contribution >= 4 is 51.5 Å². The number of anilines is 2. The molecule has 0 heterocycles. The fourth-order valence-electron chi connectivity index (χ4n) is 1.99. The highest BCUT2D eigenvalue weighted by molar-refractivity contribution is 14.1. The second-order valence-corrected chi connectivity index (χ2v) is 6.74. The molecule has 1 atom stereocenters. The van der Waals surface area contributed by atoms with E-state index in [0.29, 0.717) is 5.69 Å². The lowest BCUT2D eigenvalue weighted by Gasteiger charge is -2.18. The summed E-state index contributed by atoms with van der Waals surface area (Å²) < 4.78 is 40.1. The van der Waals surface area contributed by atoms with E-state index in [2.05, 4.69) is 33.2 Å². The number of hydrogen-bond donors (Lipinski definition) is 2. The van der Waals surface area contributed by atoms with Gasteiger partial charge in [0, 0.05) is 14.3 Å². The van der Waals surface area contributed by atoms with E-state index in [0.717, 1.165) is 15.7 Å². The summed E-state index contributed by atoms with van der Waals surface area (Å²) in [6.45, 7) is 1.57. The molecule has 3 nitrogen and oxygen atoms in total. The number of rotatable bonds is 4. The van der Waals surface area contributed by atoms with Crippen molar-refractivity contribution in [3.8, 4) is 0 Å². The van der Waals surface area contributed by atoms with Gasteiger partial charge in [0.05, 0.1) is 11.3 Å². The Balaban J connectivity index is 2.14. The Kier molecular flexibility index (Phi) is 5.97. The molecular weight excluding hydrogens is 456 g/mol. The summed E-state index contributed by atoms with van der Waals surface area (Å²) in [6.07, 6.45) is -4.61. The van der Waals surface area contributed by atoms with Crippen LogP contribution in [0.15, 0.2) is 42.5 Å². The van der Waals surface area contributed by atoms with Crippen LogP contribution in [-0.2, 0) is 11.0 Å². The zero-order valence-corrected chi connectivity index (χ0v) is 15.3. The average molecular weight is 469 g/mol. The van der Waals surface area contributed by atoms with Crippen molar-refractivity contribution in [3.63, 3.8) is 0 Å². The van der Waals surface area contributed by atoms with Crippen LogP contribution in [0.25, 0.3) is 0 Å². The first-order valence-corrected chi connectivity index (χ1v) is 8.32. The van der Waals surface area contributed by atoms with E-state index < -0.39 is 23.7 Å². The van der Waals surface area contributed by atoms with Gasteiger partial charge in [-0.05, 0) is 65.9 Å². The van der Waals surface area contributed by atoms with Crippen LogP contribution in [0.5, 0.6) is 0 Å². The summed E-state index contributed by atoms with van der Waals surface area (Å²) in [5.74, 6) is -0.582. The van der Waals surface area contributed by atoms with Gasteiger partial charge in [0.2, 0.25) is 5.91 Å². The molecule has 0 aliphatic heterocycles. The van der Waals surface area contributed by atoms with E-state index in [4.69, 9.17) is 11.6 Å². The van der Waals surface area contributed by atoms with E-state index in [-0.39, 0.29) is 10.7 Å². The summed E-state index contributed by atoms with van der Waals surface area (Å²) in [4.78, 5) is 12.2. The molecule has 2 aromatic rings. The molecule has 8 heteroatoms. The highest BCUT2D eigenvalue weighted by atomic mass is 127. The first kappa shape index (κ1) is 18.9. The zero-order valence-electron chi connectivity index (χ0n) is 12.4. The molecule has 2 rings (SSSR count). The molecular formula is C16H13ClF3IN2O. The third-order valence-corrected chi connectivity index (χ3v) is 4.05. The Morgan fingerprint density at radius 1 is 1.21 bits per heavy atom. The maximum Gasteiger partial charge on any atom is 0.418 e. The van der Waals surface area contributed by atoms with Crippen molar-refractivity contribution in [2.45, 2.75) is 19.1 Å². The smallest absolute Gasteiger partial charge is 0.374 e. The van der Waals surface area contributed by atoms with Crippen LogP contribution in [0.1, 0.15) is 12.5 Å². The molecule has 128 valence electrons. The lowest BCUT2D eigenvalue weighted by atomic mass is 10.1. The van der Waals surface area contributed by atoms with E-state index in [1.165, 1.54) is 6.07 Å². The summed E-state index contributed by atoms with van der Waals surface area (Å²) in [7, 11) is 0. The molecule has 0 fully saturated rings. The fourth-order valence-corrected chi connectivity index (χ4v) is 2.71. The maximum atomic E-state index is 13.0. The van der Waals surface area contributed by atoms with Gasteiger partial charge in [0.25, 0.3) is 0 Å². The van der Waals surface area contributed by atoms with Gasteiger partial charge in [-0.3, -0.25) is 4.79 Å². The SMILES string of the molecule is CC(Nc1cccc(I)c1)C(=O)Nc1ccc(Cl)cc1C(F)(F)F. The van der Waals surface area contributed by atoms with Crippen LogP contribution < -0.4 is 10.6 Å². The van der Waals surface area contributed by atoms with Crippen LogP contribution in [0, 0.1) is 3.57 Å². The normalized spacial score (nSPS) is 12.6. The molecule has 0 saturated heterocycles. The Labute approximate surface area is 155 Å². The minimum atomic E-state index is -4.61. The lowest BCUT2D eigenvalue weighted by Crippen LogP contribution is -2.32. The molecule has 0 radical (unpaired) electrons. The van der Waals surface area contributed by atoms with Crippen molar-refractivity contribution in [1.82, 2.24) is 0 Å². The van der Waals surface area contributed by atoms with Crippen molar-refractivity contribution in [1.29, 1.82) is 0 Å². The van der Waals surface area contributed by atoms with Crippen molar-refractivity contribution in [2.75, 3.05) is 10.6 Å². The Morgan fingerprint density at radius 3 is 2.54 bits per heavy atom. The number of alkyl halides is 3. The number of nitrogens with one attached hydrogen (secondary N) is 2. The van der Waals surface area contributed by atoms with E-state index in [1.807, 2.05) is 18.2 Å². The topological polar surface area (TPSA) is 41.1 Å². The molecule has 2 N–H and O–H groups in total. The molecule has 0 aliphatic rings. The second kappa shape index (κ2) is 7.60. The van der Waals surface area contributed by atoms with Gasteiger partial charge in [-0.15, -0.1) is 0 Å². The predicted octanol–water partition coefficient (Wildman–Crippen LogP) is 5.40. The van der Waals surface area contributed by atoms with Gasteiger partial charge >= 0.3 is 6.18 Å². The van der Waals surface area contributed by atoms with Gasteiger partial charge in [-0.1, -0.05) is 17.7 Å². The monoisotopic (exact) mass is 468 g/mol. The molecule has 24 heavy (non-hydrogen) atoms. The van der Waals surface area contributed by atoms with Crippen LogP contribution >= 0.6 is 34.2 Å². The molecule has 0 spiro atoms. The summed E-state index contributed by atoms with van der Waals surface area (Å²) >= 11 is 7.74. The van der Waals surface area contributed by atoms with E-state index in [9.17, 15) is 18.0 Å². The first-order chi connectivity index (χ1) is 11.2. The van der Waals surface area contributed by atoms with Crippen LogP contribution in [0.2, 0.25) is 5.02 Å². The van der Waals surface area contributed by atoms with Crippen molar-refractivity contribution in [2.24, 2.45) is 0 Å². The van der Waals surface area contributed by atoms with E-state index in [1.54, 1.807) is 13.0 Å². The zero-order chi connectivity index (χ0) is 17.9. The highest BCUT2D eigenvalue weighted by Gasteiger charge is 2.34. The fraction of sp³-hybridized carbons (Fsp3) is 0.188. The van der Waals surface area contributed by atoms with Gasteiger partial charge < -0.3 is 10.6 Å².